The Morgan fingerprint density at radius 2 is 1.32 bits per heavy atom. The summed E-state index contributed by atoms with van der Waals surface area (Å²) >= 11 is 0. The van der Waals surface area contributed by atoms with Gasteiger partial charge in [-0.2, -0.15) is 0 Å². The average Bonchev–Trinajstić information content (AvgIpc) is 2.76. The molecule has 0 N–H and O–H groups in total. The summed E-state index contributed by atoms with van der Waals surface area (Å²) in [4.78, 5) is 4.68. The molecule has 2 nitrogen and oxygen atoms in total. The quantitative estimate of drug-likeness (QED) is 0.396. The summed E-state index contributed by atoms with van der Waals surface area (Å²) in [5.74, 6) is 0.956. The first-order valence-corrected chi connectivity index (χ1v) is 10.5. The van der Waals surface area contributed by atoms with E-state index < -0.39 is 0 Å². The van der Waals surface area contributed by atoms with Crippen LogP contribution in [0.4, 0.5) is 0 Å². The molecule has 0 fully saturated rings. The van der Waals surface area contributed by atoms with Crippen molar-refractivity contribution in [3.63, 3.8) is 0 Å². The van der Waals surface area contributed by atoms with Crippen LogP contribution in [0.1, 0.15) is 49.8 Å². The molecule has 0 amide bonds. The number of pyridine rings is 1. The zero-order chi connectivity index (χ0) is 19.6. The van der Waals surface area contributed by atoms with Crippen molar-refractivity contribution < 1.29 is 4.74 Å². The van der Waals surface area contributed by atoms with Crippen LogP contribution >= 0.6 is 0 Å². The van der Waals surface area contributed by atoms with Gasteiger partial charge >= 0.3 is 0 Å². The SMILES string of the molecule is CCCCc1ccc(-c2ccc(CCc3ccc(OCCC)cc3)cn2)cc1. The summed E-state index contributed by atoms with van der Waals surface area (Å²) in [7, 11) is 0. The lowest BCUT2D eigenvalue weighted by atomic mass is 10.0. The van der Waals surface area contributed by atoms with E-state index in [0.717, 1.165) is 43.7 Å². The Kier molecular flexibility index (Phi) is 7.66. The normalized spacial score (nSPS) is 10.8. The van der Waals surface area contributed by atoms with Gasteiger partial charge in [0, 0.05) is 11.8 Å². The lowest BCUT2D eigenvalue weighted by Crippen LogP contribution is -1.96. The third-order valence-electron chi connectivity index (χ3n) is 4.99. The van der Waals surface area contributed by atoms with Crippen molar-refractivity contribution in [3.8, 4) is 17.0 Å². The molecule has 0 aliphatic rings. The van der Waals surface area contributed by atoms with Gasteiger partial charge in [-0.1, -0.05) is 62.7 Å². The van der Waals surface area contributed by atoms with Crippen LogP contribution in [-0.2, 0) is 19.3 Å². The zero-order valence-corrected chi connectivity index (χ0v) is 17.2. The second kappa shape index (κ2) is 10.7. The Balaban J connectivity index is 1.54. The lowest BCUT2D eigenvalue weighted by molar-refractivity contribution is 0.317. The highest BCUT2D eigenvalue weighted by Gasteiger charge is 2.02. The van der Waals surface area contributed by atoms with Crippen LogP contribution in [0.3, 0.4) is 0 Å². The number of aryl methyl sites for hydroxylation is 3. The molecule has 3 rings (SSSR count). The van der Waals surface area contributed by atoms with Gasteiger partial charge in [0.25, 0.3) is 0 Å². The smallest absolute Gasteiger partial charge is 0.119 e. The van der Waals surface area contributed by atoms with Gasteiger partial charge in [-0.3, -0.25) is 4.98 Å². The number of nitrogens with zero attached hydrogens (tertiary/aromatic N) is 1. The summed E-state index contributed by atoms with van der Waals surface area (Å²) < 4.78 is 5.64. The molecule has 0 aliphatic heterocycles. The van der Waals surface area contributed by atoms with Crippen LogP contribution in [0.5, 0.6) is 5.75 Å². The monoisotopic (exact) mass is 373 g/mol. The molecule has 2 heteroatoms. The van der Waals surface area contributed by atoms with Gasteiger partial charge in [0.15, 0.2) is 0 Å². The van der Waals surface area contributed by atoms with Crippen molar-refractivity contribution in [2.75, 3.05) is 6.61 Å². The van der Waals surface area contributed by atoms with E-state index in [9.17, 15) is 0 Å². The first-order chi connectivity index (χ1) is 13.8. The second-order valence-corrected chi connectivity index (χ2v) is 7.34. The van der Waals surface area contributed by atoms with Crippen molar-refractivity contribution in [1.29, 1.82) is 0 Å². The van der Waals surface area contributed by atoms with Gasteiger partial charge in [-0.15, -0.1) is 0 Å². The highest BCUT2D eigenvalue weighted by atomic mass is 16.5. The van der Waals surface area contributed by atoms with Gasteiger partial charge < -0.3 is 4.74 Å². The molecule has 0 aliphatic carbocycles. The number of rotatable bonds is 10. The Morgan fingerprint density at radius 3 is 1.96 bits per heavy atom. The molecule has 1 heterocycles. The van der Waals surface area contributed by atoms with E-state index in [4.69, 9.17) is 4.74 Å². The van der Waals surface area contributed by atoms with Crippen LogP contribution in [0.25, 0.3) is 11.3 Å². The lowest BCUT2D eigenvalue weighted by Gasteiger charge is -2.07. The molecule has 0 saturated carbocycles. The van der Waals surface area contributed by atoms with Crippen LogP contribution in [-0.4, -0.2) is 11.6 Å². The molecule has 0 radical (unpaired) electrons. The third kappa shape index (κ3) is 5.95. The summed E-state index contributed by atoms with van der Waals surface area (Å²) in [5.41, 5.74) is 6.25. The molecular formula is C26H31NO. The van der Waals surface area contributed by atoms with Crippen molar-refractivity contribution in [1.82, 2.24) is 4.98 Å². The number of ether oxygens (including phenoxy) is 1. The molecule has 146 valence electrons. The molecule has 1 aromatic heterocycles. The van der Waals surface area contributed by atoms with E-state index in [2.05, 4.69) is 79.5 Å². The molecule has 0 saturated heterocycles. The maximum Gasteiger partial charge on any atom is 0.119 e. The van der Waals surface area contributed by atoms with Crippen LogP contribution in [0.2, 0.25) is 0 Å². The van der Waals surface area contributed by atoms with E-state index in [1.54, 1.807) is 0 Å². The Morgan fingerprint density at radius 1 is 0.679 bits per heavy atom. The molecule has 3 aromatic rings. The molecule has 0 bridgehead atoms. The fourth-order valence-electron chi connectivity index (χ4n) is 3.23. The van der Waals surface area contributed by atoms with Crippen LogP contribution in [0.15, 0.2) is 66.9 Å². The van der Waals surface area contributed by atoms with Gasteiger partial charge in [-0.05, 0) is 67.0 Å². The first kappa shape index (κ1) is 20.1. The van der Waals surface area contributed by atoms with Gasteiger partial charge in [0.1, 0.15) is 5.75 Å². The van der Waals surface area contributed by atoms with E-state index in [1.165, 1.54) is 35.1 Å². The number of hydrogen-bond acceptors (Lipinski definition) is 2. The fraction of sp³-hybridized carbons (Fsp3) is 0.346. The Bertz CT molecular complexity index is 820. The van der Waals surface area contributed by atoms with Crippen molar-refractivity contribution in [3.05, 3.63) is 83.6 Å². The van der Waals surface area contributed by atoms with E-state index in [-0.39, 0.29) is 0 Å². The minimum absolute atomic E-state index is 0.777. The predicted molar refractivity (Wildman–Crippen MR) is 118 cm³/mol. The zero-order valence-electron chi connectivity index (χ0n) is 17.2. The maximum absolute atomic E-state index is 5.64. The number of benzene rings is 2. The Labute approximate surface area is 169 Å². The Hall–Kier alpha value is -2.61. The van der Waals surface area contributed by atoms with Crippen LogP contribution < -0.4 is 4.74 Å². The maximum atomic E-state index is 5.64. The largest absolute Gasteiger partial charge is 0.494 e. The first-order valence-electron chi connectivity index (χ1n) is 10.5. The summed E-state index contributed by atoms with van der Waals surface area (Å²) in [6, 6.07) is 21.6. The highest BCUT2D eigenvalue weighted by Crippen LogP contribution is 2.20. The highest BCUT2D eigenvalue weighted by molar-refractivity contribution is 5.59. The number of aromatic nitrogens is 1. The second-order valence-electron chi connectivity index (χ2n) is 7.34. The van der Waals surface area contributed by atoms with Crippen molar-refractivity contribution >= 4 is 0 Å². The van der Waals surface area contributed by atoms with Gasteiger partial charge in [0.2, 0.25) is 0 Å². The summed E-state index contributed by atoms with van der Waals surface area (Å²) in [5, 5.41) is 0. The summed E-state index contributed by atoms with van der Waals surface area (Å²) in [6.07, 6.45) is 8.71. The number of unbranched alkanes of at least 4 members (excludes halogenated alkanes) is 1. The van der Waals surface area contributed by atoms with E-state index in [0.29, 0.717) is 0 Å². The fourth-order valence-corrected chi connectivity index (χ4v) is 3.23. The van der Waals surface area contributed by atoms with Gasteiger partial charge in [-0.25, -0.2) is 0 Å². The van der Waals surface area contributed by atoms with Crippen LogP contribution in [0, 0.1) is 0 Å². The topological polar surface area (TPSA) is 22.1 Å². The standard InChI is InChI=1S/C26H31NO/c1-3-5-6-21-9-14-24(15-10-21)26-18-13-23(20-27-26)8-7-22-11-16-25(17-12-22)28-19-4-2/h9-18,20H,3-8,19H2,1-2H3. The van der Waals surface area contributed by atoms with Crippen molar-refractivity contribution in [2.45, 2.75) is 52.4 Å². The molecule has 2 aromatic carbocycles. The summed E-state index contributed by atoms with van der Waals surface area (Å²) in [6.45, 7) is 5.13. The molecule has 0 unspecified atom stereocenters. The average molecular weight is 374 g/mol. The minimum Gasteiger partial charge on any atom is -0.494 e. The van der Waals surface area contributed by atoms with E-state index in [1.807, 2.05) is 6.20 Å². The van der Waals surface area contributed by atoms with E-state index >= 15 is 0 Å². The van der Waals surface area contributed by atoms with Gasteiger partial charge in [0.05, 0.1) is 12.3 Å². The molecule has 0 atom stereocenters. The number of hydrogen-bond donors (Lipinski definition) is 0. The molecular weight excluding hydrogens is 342 g/mol. The third-order valence-corrected chi connectivity index (χ3v) is 4.99. The molecule has 0 spiro atoms. The predicted octanol–water partition coefficient (Wildman–Crippen LogP) is 6.67. The molecule has 28 heavy (non-hydrogen) atoms. The van der Waals surface area contributed by atoms with Crippen molar-refractivity contribution in [2.24, 2.45) is 0 Å². The minimum atomic E-state index is 0.777.